The zero-order valence-corrected chi connectivity index (χ0v) is 19.7. The summed E-state index contributed by atoms with van der Waals surface area (Å²) >= 11 is 12.1. The molecule has 0 heterocycles. The Morgan fingerprint density at radius 1 is 0.676 bits per heavy atom. The second-order valence-corrected chi connectivity index (χ2v) is 10.3. The molecule has 0 aromatic heterocycles. The number of carbonyl (C=O) groups is 2. The van der Waals surface area contributed by atoms with Crippen molar-refractivity contribution in [1.82, 2.24) is 0 Å². The van der Waals surface area contributed by atoms with E-state index < -0.39 is 63.1 Å². The molecular formula is C18H14Cl2N4O8S2. The summed E-state index contributed by atoms with van der Waals surface area (Å²) in [4.78, 5) is 24.3. The van der Waals surface area contributed by atoms with Crippen molar-refractivity contribution >= 4 is 77.8 Å². The topological polar surface area (TPSA) is 219 Å². The Morgan fingerprint density at radius 2 is 1.00 bits per heavy atom. The predicted molar refractivity (Wildman–Crippen MR) is 124 cm³/mol. The van der Waals surface area contributed by atoms with Crippen molar-refractivity contribution < 1.29 is 35.5 Å². The standard InChI is InChI=1S/C18H14Cl2N4O8S2/c19-13-15(23-7-1-3-9(21)11(5-7)33(27,28)29)17(25)14(20)16(18(13)26)24-8-2-4-10(22)12(6-8)34(30,31)32/h1-6,23-24H,21-22H2,(H,27,28,29)(H,30,31,32). The van der Waals surface area contributed by atoms with Crippen molar-refractivity contribution in [2.24, 2.45) is 0 Å². The van der Waals surface area contributed by atoms with E-state index in [1.54, 1.807) is 0 Å². The molecule has 2 aromatic carbocycles. The second kappa shape index (κ2) is 8.90. The number of hydrogen-bond donors (Lipinski definition) is 6. The molecule has 34 heavy (non-hydrogen) atoms. The van der Waals surface area contributed by atoms with E-state index in [2.05, 4.69) is 10.6 Å². The van der Waals surface area contributed by atoms with Gasteiger partial charge in [-0.05, 0) is 36.4 Å². The summed E-state index contributed by atoms with van der Waals surface area (Å²) in [5.41, 5.74) is 9.39. The van der Waals surface area contributed by atoms with Crippen LogP contribution in [0.1, 0.15) is 0 Å². The van der Waals surface area contributed by atoms with Crippen LogP contribution < -0.4 is 22.1 Å². The van der Waals surface area contributed by atoms with Gasteiger partial charge in [-0.3, -0.25) is 18.7 Å². The highest BCUT2D eigenvalue weighted by molar-refractivity contribution is 7.86. The van der Waals surface area contributed by atoms with Gasteiger partial charge in [0.1, 0.15) is 31.2 Å². The monoisotopic (exact) mass is 548 g/mol. The van der Waals surface area contributed by atoms with Crippen LogP contribution >= 0.6 is 23.2 Å². The van der Waals surface area contributed by atoms with Crippen molar-refractivity contribution in [2.75, 3.05) is 22.1 Å². The zero-order valence-electron chi connectivity index (χ0n) is 16.5. The summed E-state index contributed by atoms with van der Waals surface area (Å²) in [6.07, 6.45) is 0. The molecule has 0 saturated carbocycles. The Balaban J connectivity index is 1.96. The third kappa shape index (κ3) is 5.01. The molecule has 0 radical (unpaired) electrons. The highest BCUT2D eigenvalue weighted by Crippen LogP contribution is 2.33. The summed E-state index contributed by atoms with van der Waals surface area (Å²) in [5, 5.41) is 3.68. The van der Waals surface area contributed by atoms with E-state index >= 15 is 0 Å². The first-order valence-corrected chi connectivity index (χ1v) is 12.4. The fourth-order valence-electron chi connectivity index (χ4n) is 2.83. The number of nitrogens with one attached hydrogen (secondary N) is 2. The Bertz CT molecular complexity index is 1420. The minimum absolute atomic E-state index is 0.0617. The summed E-state index contributed by atoms with van der Waals surface area (Å²) in [5.74, 6) is -1.94. The van der Waals surface area contributed by atoms with Gasteiger partial charge in [-0.1, -0.05) is 23.2 Å². The number of hydrogen-bond acceptors (Lipinski definition) is 10. The van der Waals surface area contributed by atoms with Crippen molar-refractivity contribution in [2.45, 2.75) is 9.79 Å². The second-order valence-electron chi connectivity index (χ2n) is 6.74. The van der Waals surface area contributed by atoms with E-state index in [-0.39, 0.29) is 22.7 Å². The van der Waals surface area contributed by atoms with Crippen molar-refractivity contribution in [1.29, 1.82) is 0 Å². The molecular weight excluding hydrogens is 535 g/mol. The molecule has 0 amide bonds. The fourth-order valence-corrected chi connectivity index (χ4v) is 4.57. The molecule has 0 bridgehead atoms. The quantitative estimate of drug-likeness (QED) is 0.173. The number of anilines is 4. The van der Waals surface area contributed by atoms with Crippen LogP contribution in [0.2, 0.25) is 0 Å². The van der Waals surface area contributed by atoms with Crippen molar-refractivity contribution in [3.05, 3.63) is 57.9 Å². The Labute approximate surface area is 202 Å². The number of rotatable bonds is 6. The first-order valence-electron chi connectivity index (χ1n) is 8.78. The van der Waals surface area contributed by atoms with Crippen LogP contribution in [-0.2, 0) is 29.8 Å². The number of Topliss-reactive ketones (excluding diaryl/α,β-unsaturated/α-hetero) is 2. The summed E-state index contributed by atoms with van der Waals surface area (Å²) in [6.45, 7) is 0. The van der Waals surface area contributed by atoms with Crippen LogP contribution in [0.15, 0.2) is 67.6 Å². The summed E-state index contributed by atoms with van der Waals surface area (Å²) in [7, 11) is -9.37. The largest absolute Gasteiger partial charge is 0.398 e. The molecule has 0 fully saturated rings. The highest BCUT2D eigenvalue weighted by Gasteiger charge is 2.34. The third-order valence-electron chi connectivity index (χ3n) is 4.41. The third-order valence-corrected chi connectivity index (χ3v) is 6.95. The molecule has 8 N–H and O–H groups in total. The zero-order chi connectivity index (χ0) is 25.6. The molecule has 12 nitrogen and oxygen atoms in total. The van der Waals surface area contributed by atoms with Gasteiger partial charge in [0.05, 0.1) is 11.4 Å². The van der Waals surface area contributed by atoms with E-state index in [4.69, 9.17) is 34.7 Å². The van der Waals surface area contributed by atoms with E-state index in [0.717, 1.165) is 24.3 Å². The lowest BCUT2D eigenvalue weighted by Gasteiger charge is -2.20. The number of nitrogen functional groups attached to an aromatic ring is 2. The fraction of sp³-hybridized carbons (Fsp3) is 0. The minimum atomic E-state index is -4.69. The Morgan fingerprint density at radius 3 is 1.29 bits per heavy atom. The maximum atomic E-state index is 12.8. The lowest BCUT2D eigenvalue weighted by molar-refractivity contribution is -0.115. The molecule has 180 valence electrons. The van der Waals surface area contributed by atoms with E-state index in [9.17, 15) is 35.5 Å². The normalized spacial score (nSPS) is 15.1. The number of ketones is 2. The Kier molecular flexibility index (Phi) is 6.67. The van der Waals surface area contributed by atoms with Crippen LogP contribution in [0.4, 0.5) is 22.7 Å². The van der Waals surface area contributed by atoms with Gasteiger partial charge in [0.2, 0.25) is 11.6 Å². The van der Waals surface area contributed by atoms with Gasteiger partial charge < -0.3 is 22.1 Å². The maximum absolute atomic E-state index is 12.8. The average molecular weight is 549 g/mol. The molecule has 0 unspecified atom stereocenters. The van der Waals surface area contributed by atoms with E-state index in [1.165, 1.54) is 12.1 Å². The van der Waals surface area contributed by atoms with Crippen LogP contribution in [-0.4, -0.2) is 37.5 Å². The van der Waals surface area contributed by atoms with Gasteiger partial charge in [-0.25, -0.2) is 0 Å². The number of allylic oxidation sites excluding steroid dienone is 2. The molecule has 2 aromatic rings. The first kappa shape index (κ1) is 25.5. The summed E-state index contributed by atoms with van der Waals surface area (Å²) < 4.78 is 64.3. The lowest BCUT2D eigenvalue weighted by Crippen LogP contribution is -2.27. The van der Waals surface area contributed by atoms with Gasteiger partial charge in [0.15, 0.2) is 0 Å². The smallest absolute Gasteiger partial charge is 0.296 e. The SMILES string of the molecule is Nc1ccc(NC2=C(Cl)C(=O)C(Nc3ccc(N)c(S(=O)(=O)O)c3)=C(Cl)C2=O)cc1S(=O)(=O)O. The molecule has 3 rings (SSSR count). The van der Waals surface area contributed by atoms with Crippen LogP contribution in [0, 0.1) is 0 Å². The molecule has 0 atom stereocenters. The van der Waals surface area contributed by atoms with Crippen LogP contribution in [0.3, 0.4) is 0 Å². The van der Waals surface area contributed by atoms with Crippen LogP contribution in [0.25, 0.3) is 0 Å². The molecule has 0 saturated heterocycles. The highest BCUT2D eigenvalue weighted by atomic mass is 35.5. The number of benzene rings is 2. The molecule has 1 aliphatic rings. The minimum Gasteiger partial charge on any atom is -0.398 e. The van der Waals surface area contributed by atoms with Gasteiger partial charge in [0, 0.05) is 11.4 Å². The Hall–Kier alpha value is -3.14. The number of carbonyl (C=O) groups excluding carboxylic acids is 2. The molecule has 0 aliphatic heterocycles. The number of halogens is 2. The molecule has 0 spiro atoms. The van der Waals surface area contributed by atoms with Gasteiger partial charge in [-0.2, -0.15) is 16.8 Å². The van der Waals surface area contributed by atoms with Crippen LogP contribution in [0.5, 0.6) is 0 Å². The molecule has 16 heteroatoms. The van der Waals surface area contributed by atoms with Crippen molar-refractivity contribution in [3.8, 4) is 0 Å². The average Bonchev–Trinajstić information content (AvgIpc) is 2.73. The summed E-state index contributed by atoms with van der Waals surface area (Å²) in [6, 6.07) is 6.61. The maximum Gasteiger partial charge on any atom is 0.296 e. The van der Waals surface area contributed by atoms with E-state index in [0.29, 0.717) is 0 Å². The lowest BCUT2D eigenvalue weighted by atomic mass is 10.0. The first-order chi connectivity index (χ1) is 15.6. The van der Waals surface area contributed by atoms with E-state index in [1.807, 2.05) is 0 Å². The van der Waals surface area contributed by atoms with Gasteiger partial charge in [0.25, 0.3) is 20.2 Å². The predicted octanol–water partition coefficient (Wildman–Crippen LogP) is 1.92. The van der Waals surface area contributed by atoms with Gasteiger partial charge in [-0.15, -0.1) is 0 Å². The van der Waals surface area contributed by atoms with Crippen molar-refractivity contribution in [3.63, 3.8) is 0 Å². The van der Waals surface area contributed by atoms with Gasteiger partial charge >= 0.3 is 0 Å². The molecule has 1 aliphatic carbocycles. The number of nitrogens with two attached hydrogens (primary N) is 2.